The molecular formula is C17H13N3O3. The Morgan fingerprint density at radius 1 is 1.00 bits per heavy atom. The van der Waals surface area contributed by atoms with E-state index in [-0.39, 0.29) is 18.4 Å². The Morgan fingerprint density at radius 3 is 2.35 bits per heavy atom. The number of imidazole rings is 1. The highest BCUT2D eigenvalue weighted by Crippen LogP contribution is 2.30. The van der Waals surface area contributed by atoms with Crippen molar-refractivity contribution in [3.8, 4) is 0 Å². The Kier molecular flexibility index (Phi) is 2.99. The van der Waals surface area contributed by atoms with E-state index in [0.717, 1.165) is 5.52 Å². The van der Waals surface area contributed by atoms with Crippen LogP contribution in [0.25, 0.3) is 11.0 Å². The fourth-order valence-electron chi connectivity index (χ4n) is 2.90. The Labute approximate surface area is 131 Å². The molecule has 114 valence electrons. The third-order valence-corrected chi connectivity index (χ3v) is 4.00. The lowest BCUT2D eigenvalue weighted by atomic mass is 10.1. The number of aromatic nitrogens is 2. The van der Waals surface area contributed by atoms with Crippen LogP contribution in [0.5, 0.6) is 0 Å². The van der Waals surface area contributed by atoms with Gasteiger partial charge in [0, 0.05) is 6.54 Å². The third-order valence-electron chi connectivity index (χ3n) is 4.00. The third kappa shape index (κ3) is 1.96. The molecule has 0 saturated heterocycles. The summed E-state index contributed by atoms with van der Waals surface area (Å²) in [6, 6.07) is 12.0. The minimum atomic E-state index is -0.320. The number of carbonyl (C=O) groups excluding carboxylic acids is 2. The highest BCUT2D eigenvalue weighted by atomic mass is 16.3. The summed E-state index contributed by atoms with van der Waals surface area (Å²) in [5, 5.41) is 9.05. The van der Waals surface area contributed by atoms with Gasteiger partial charge in [-0.3, -0.25) is 9.59 Å². The van der Waals surface area contributed by atoms with E-state index < -0.39 is 0 Å². The van der Waals surface area contributed by atoms with Gasteiger partial charge in [-0.15, -0.1) is 0 Å². The van der Waals surface area contributed by atoms with Gasteiger partial charge in [0.25, 0.3) is 11.8 Å². The maximum Gasteiger partial charge on any atom is 0.266 e. The molecule has 1 aromatic heterocycles. The van der Waals surface area contributed by atoms with Crippen LogP contribution < -0.4 is 4.90 Å². The van der Waals surface area contributed by atoms with Crippen molar-refractivity contribution in [3.05, 3.63) is 59.9 Å². The zero-order chi connectivity index (χ0) is 16.0. The number of fused-ring (bicyclic) bond motifs is 2. The first-order chi connectivity index (χ1) is 11.2. The van der Waals surface area contributed by atoms with Crippen LogP contribution in [0.2, 0.25) is 0 Å². The maximum absolute atomic E-state index is 12.5. The zero-order valence-corrected chi connectivity index (χ0v) is 12.1. The van der Waals surface area contributed by atoms with E-state index in [0.29, 0.717) is 28.9 Å². The summed E-state index contributed by atoms with van der Waals surface area (Å²) in [6.45, 7) is 0.467. The molecular weight excluding hydrogens is 294 g/mol. The molecule has 4 rings (SSSR count). The van der Waals surface area contributed by atoms with Crippen molar-refractivity contribution < 1.29 is 14.7 Å². The van der Waals surface area contributed by atoms with Gasteiger partial charge in [0.2, 0.25) is 0 Å². The van der Waals surface area contributed by atoms with Crippen molar-refractivity contribution in [2.24, 2.45) is 0 Å². The summed E-state index contributed by atoms with van der Waals surface area (Å²) in [4.78, 5) is 30.4. The lowest BCUT2D eigenvalue weighted by Crippen LogP contribution is -2.29. The first-order valence-electron chi connectivity index (χ1n) is 7.24. The smallest absolute Gasteiger partial charge is 0.266 e. The van der Waals surface area contributed by atoms with Crippen molar-refractivity contribution in [2.75, 3.05) is 11.5 Å². The number of benzene rings is 2. The molecule has 0 aliphatic carbocycles. The standard InChI is InChI=1S/C17H13N3O3/c21-8-7-19-10-18-14-9-11(5-6-15(14)19)20-16(22)12-3-1-2-4-13(12)17(20)23/h1-6,9-10,21H,7-8H2. The number of carbonyl (C=O) groups is 2. The van der Waals surface area contributed by atoms with Crippen LogP contribution in [0, 0.1) is 0 Å². The van der Waals surface area contributed by atoms with E-state index in [1.807, 2.05) is 4.57 Å². The Morgan fingerprint density at radius 2 is 1.70 bits per heavy atom. The van der Waals surface area contributed by atoms with E-state index in [4.69, 9.17) is 5.11 Å². The Balaban J connectivity index is 1.78. The number of aliphatic hydroxyl groups is 1. The predicted molar refractivity (Wildman–Crippen MR) is 84.4 cm³/mol. The number of nitrogens with zero attached hydrogens (tertiary/aromatic N) is 3. The van der Waals surface area contributed by atoms with Gasteiger partial charge < -0.3 is 9.67 Å². The topological polar surface area (TPSA) is 75.4 Å². The zero-order valence-electron chi connectivity index (χ0n) is 12.1. The molecule has 0 saturated carbocycles. The molecule has 2 heterocycles. The van der Waals surface area contributed by atoms with Crippen LogP contribution in [0.3, 0.4) is 0 Å². The Hall–Kier alpha value is -2.99. The monoisotopic (exact) mass is 307 g/mol. The number of hydrogen-bond donors (Lipinski definition) is 1. The average Bonchev–Trinajstić information content (AvgIpc) is 3.08. The highest BCUT2D eigenvalue weighted by Gasteiger charge is 2.36. The summed E-state index contributed by atoms with van der Waals surface area (Å²) >= 11 is 0. The molecule has 0 spiro atoms. The summed E-state index contributed by atoms with van der Waals surface area (Å²) in [6.07, 6.45) is 1.63. The van der Waals surface area contributed by atoms with Crippen molar-refractivity contribution in [2.45, 2.75) is 6.54 Å². The molecule has 1 N–H and O–H groups in total. The molecule has 0 radical (unpaired) electrons. The maximum atomic E-state index is 12.5. The lowest BCUT2D eigenvalue weighted by molar-refractivity contribution is 0.0926. The van der Waals surface area contributed by atoms with Crippen LogP contribution in [-0.4, -0.2) is 33.1 Å². The predicted octanol–water partition coefficient (Wildman–Crippen LogP) is 1.83. The number of aliphatic hydroxyl groups excluding tert-OH is 1. The van der Waals surface area contributed by atoms with Gasteiger partial charge in [-0.25, -0.2) is 9.88 Å². The molecule has 6 nitrogen and oxygen atoms in total. The van der Waals surface area contributed by atoms with E-state index in [9.17, 15) is 9.59 Å². The number of amides is 2. The van der Waals surface area contributed by atoms with Gasteiger partial charge in [0.15, 0.2) is 0 Å². The lowest BCUT2D eigenvalue weighted by Gasteiger charge is -2.14. The number of hydrogen-bond acceptors (Lipinski definition) is 4. The van der Waals surface area contributed by atoms with Gasteiger partial charge in [0.05, 0.1) is 40.8 Å². The second-order valence-electron chi connectivity index (χ2n) is 5.33. The Bertz CT molecular complexity index is 910. The average molecular weight is 307 g/mol. The van der Waals surface area contributed by atoms with E-state index in [1.165, 1.54) is 4.90 Å². The quantitative estimate of drug-likeness (QED) is 0.749. The number of imide groups is 1. The molecule has 3 aromatic rings. The molecule has 2 aromatic carbocycles. The molecule has 23 heavy (non-hydrogen) atoms. The van der Waals surface area contributed by atoms with Crippen molar-refractivity contribution in [1.82, 2.24) is 9.55 Å². The SMILES string of the molecule is O=C1c2ccccc2C(=O)N1c1ccc2c(c1)ncn2CCO. The molecule has 1 aliphatic heterocycles. The van der Waals surface area contributed by atoms with Crippen LogP contribution in [0.1, 0.15) is 20.7 Å². The van der Waals surface area contributed by atoms with Gasteiger partial charge in [-0.05, 0) is 30.3 Å². The fraction of sp³-hybridized carbons (Fsp3) is 0.118. The van der Waals surface area contributed by atoms with Gasteiger partial charge in [-0.1, -0.05) is 12.1 Å². The minimum absolute atomic E-state index is 0.0195. The van der Waals surface area contributed by atoms with Crippen LogP contribution in [0.4, 0.5) is 5.69 Å². The first kappa shape index (κ1) is 13.7. The summed E-state index contributed by atoms with van der Waals surface area (Å²) in [5.41, 5.74) is 2.86. The van der Waals surface area contributed by atoms with Gasteiger partial charge in [0.1, 0.15) is 0 Å². The summed E-state index contributed by atoms with van der Waals surface area (Å²) in [7, 11) is 0. The normalized spacial score (nSPS) is 13.9. The van der Waals surface area contributed by atoms with E-state index in [2.05, 4.69) is 4.98 Å². The second-order valence-corrected chi connectivity index (χ2v) is 5.33. The fourth-order valence-corrected chi connectivity index (χ4v) is 2.90. The van der Waals surface area contributed by atoms with Crippen LogP contribution >= 0.6 is 0 Å². The molecule has 0 fully saturated rings. The molecule has 0 bridgehead atoms. The van der Waals surface area contributed by atoms with E-state index >= 15 is 0 Å². The van der Waals surface area contributed by atoms with Crippen LogP contribution in [-0.2, 0) is 6.54 Å². The molecule has 1 aliphatic rings. The van der Waals surface area contributed by atoms with Crippen molar-refractivity contribution in [3.63, 3.8) is 0 Å². The van der Waals surface area contributed by atoms with E-state index in [1.54, 1.807) is 48.8 Å². The first-order valence-corrected chi connectivity index (χ1v) is 7.24. The van der Waals surface area contributed by atoms with Gasteiger partial charge in [-0.2, -0.15) is 0 Å². The van der Waals surface area contributed by atoms with Crippen LogP contribution in [0.15, 0.2) is 48.8 Å². The molecule has 6 heteroatoms. The largest absolute Gasteiger partial charge is 0.395 e. The highest BCUT2D eigenvalue weighted by molar-refractivity contribution is 6.34. The van der Waals surface area contributed by atoms with Crippen molar-refractivity contribution in [1.29, 1.82) is 0 Å². The number of rotatable bonds is 3. The molecule has 0 unspecified atom stereocenters. The number of anilines is 1. The molecule has 2 amide bonds. The van der Waals surface area contributed by atoms with Gasteiger partial charge >= 0.3 is 0 Å². The summed E-state index contributed by atoms with van der Waals surface area (Å²) in [5.74, 6) is -0.639. The minimum Gasteiger partial charge on any atom is -0.395 e. The van der Waals surface area contributed by atoms with Crippen molar-refractivity contribution >= 4 is 28.5 Å². The summed E-state index contributed by atoms with van der Waals surface area (Å²) < 4.78 is 1.82. The second kappa shape index (κ2) is 5.03. The molecule has 0 atom stereocenters.